The van der Waals surface area contributed by atoms with Crippen molar-refractivity contribution in [2.24, 2.45) is 11.8 Å². The summed E-state index contributed by atoms with van der Waals surface area (Å²) >= 11 is 0. The molecule has 7 nitrogen and oxygen atoms in total. The molecule has 7 heteroatoms. The number of piperidine rings is 2. The molecule has 1 aromatic carbocycles. The molecule has 3 N–H and O–H groups in total. The number of likely N-dealkylation sites (tertiary alicyclic amines) is 1. The summed E-state index contributed by atoms with van der Waals surface area (Å²) in [7, 11) is 0. The lowest BCUT2D eigenvalue weighted by Gasteiger charge is -2.31. The number of rotatable bonds is 5. The van der Waals surface area contributed by atoms with Crippen LogP contribution in [0.15, 0.2) is 36.4 Å². The third kappa shape index (κ3) is 5.42. The van der Waals surface area contributed by atoms with Crippen LogP contribution in [-0.2, 0) is 9.59 Å². The van der Waals surface area contributed by atoms with E-state index in [0.717, 1.165) is 32.4 Å². The molecule has 1 aromatic rings. The Kier molecular flexibility index (Phi) is 6.81. The van der Waals surface area contributed by atoms with Gasteiger partial charge in [-0.1, -0.05) is 12.1 Å². The molecule has 0 spiro atoms. The Morgan fingerprint density at radius 1 is 1.18 bits per heavy atom. The van der Waals surface area contributed by atoms with Gasteiger partial charge >= 0.3 is 5.97 Å². The average molecular weight is 385 g/mol. The zero-order chi connectivity index (χ0) is 19.9. The largest absolute Gasteiger partial charge is 0.478 e. The number of carboxylic acid groups (broad SMARTS) is 1. The lowest BCUT2D eigenvalue weighted by molar-refractivity contribution is -0.130. The molecule has 0 bridgehead atoms. The number of carbonyl (C=O) groups excluding carboxylic acids is 2. The molecule has 2 aliphatic heterocycles. The topological polar surface area (TPSA) is 98.7 Å². The van der Waals surface area contributed by atoms with Crippen molar-refractivity contribution in [2.75, 3.05) is 31.5 Å². The first-order valence-corrected chi connectivity index (χ1v) is 9.85. The van der Waals surface area contributed by atoms with Gasteiger partial charge in [0.15, 0.2) is 0 Å². The van der Waals surface area contributed by atoms with Gasteiger partial charge in [-0.15, -0.1) is 0 Å². The van der Waals surface area contributed by atoms with Crippen molar-refractivity contribution < 1.29 is 19.5 Å². The maximum absolute atomic E-state index is 12.6. The second-order valence-electron chi connectivity index (χ2n) is 7.45. The smallest absolute Gasteiger partial charge is 0.335 e. The van der Waals surface area contributed by atoms with Crippen molar-refractivity contribution in [2.45, 2.75) is 25.7 Å². The molecular weight excluding hydrogens is 358 g/mol. The van der Waals surface area contributed by atoms with Gasteiger partial charge < -0.3 is 20.6 Å². The van der Waals surface area contributed by atoms with Crippen molar-refractivity contribution >= 4 is 23.5 Å². The number of carbonyl (C=O) groups is 3. The normalized spacial score (nSPS) is 20.9. The second-order valence-corrected chi connectivity index (χ2v) is 7.45. The Balaban J connectivity index is 1.55. The summed E-state index contributed by atoms with van der Waals surface area (Å²) in [6, 6.07) is 6.18. The van der Waals surface area contributed by atoms with Crippen molar-refractivity contribution in [3.8, 4) is 0 Å². The first-order chi connectivity index (χ1) is 13.5. The summed E-state index contributed by atoms with van der Waals surface area (Å²) in [5.74, 6) is -1.11. The van der Waals surface area contributed by atoms with Crippen LogP contribution in [0.2, 0.25) is 0 Å². The van der Waals surface area contributed by atoms with Gasteiger partial charge in [0.25, 0.3) is 0 Å². The first-order valence-electron chi connectivity index (χ1n) is 9.85. The Morgan fingerprint density at radius 3 is 2.71 bits per heavy atom. The third-order valence-electron chi connectivity index (χ3n) is 5.38. The van der Waals surface area contributed by atoms with Crippen LogP contribution < -0.4 is 10.6 Å². The molecule has 150 valence electrons. The van der Waals surface area contributed by atoms with Gasteiger partial charge in [0.2, 0.25) is 11.8 Å². The zero-order valence-electron chi connectivity index (χ0n) is 15.9. The quantitative estimate of drug-likeness (QED) is 0.675. The zero-order valence-corrected chi connectivity index (χ0v) is 15.9. The van der Waals surface area contributed by atoms with Crippen molar-refractivity contribution in [1.82, 2.24) is 10.2 Å². The van der Waals surface area contributed by atoms with Crippen LogP contribution >= 0.6 is 0 Å². The number of hydrogen-bond acceptors (Lipinski definition) is 4. The fourth-order valence-electron chi connectivity index (χ4n) is 3.73. The van der Waals surface area contributed by atoms with E-state index in [1.165, 1.54) is 12.1 Å². The van der Waals surface area contributed by atoms with E-state index < -0.39 is 5.97 Å². The molecular formula is C21H27N3O4. The molecule has 2 heterocycles. The van der Waals surface area contributed by atoms with Gasteiger partial charge in [-0.3, -0.25) is 9.59 Å². The summed E-state index contributed by atoms with van der Waals surface area (Å²) in [4.78, 5) is 37.9. The summed E-state index contributed by atoms with van der Waals surface area (Å²) in [6.07, 6.45) is 7.25. The second kappa shape index (κ2) is 9.50. The van der Waals surface area contributed by atoms with E-state index in [1.54, 1.807) is 23.1 Å². The highest BCUT2D eigenvalue weighted by Gasteiger charge is 2.28. The molecule has 1 atom stereocenters. The molecule has 3 rings (SSSR count). The number of aromatic carboxylic acids is 1. The van der Waals surface area contributed by atoms with Crippen LogP contribution in [-0.4, -0.2) is 54.0 Å². The van der Waals surface area contributed by atoms with Crippen LogP contribution in [0.3, 0.4) is 0 Å². The summed E-state index contributed by atoms with van der Waals surface area (Å²) in [5, 5.41) is 15.2. The fraction of sp³-hybridized carbons (Fsp3) is 0.476. The van der Waals surface area contributed by atoms with Crippen molar-refractivity contribution in [1.29, 1.82) is 0 Å². The van der Waals surface area contributed by atoms with Gasteiger partial charge in [0, 0.05) is 18.8 Å². The van der Waals surface area contributed by atoms with Crippen LogP contribution in [0, 0.1) is 11.8 Å². The van der Waals surface area contributed by atoms with E-state index in [0.29, 0.717) is 31.1 Å². The molecule has 0 aromatic heterocycles. The Hall–Kier alpha value is -2.67. The lowest BCUT2D eigenvalue weighted by atomic mass is 9.96. The molecule has 0 radical (unpaired) electrons. The van der Waals surface area contributed by atoms with E-state index in [1.807, 2.05) is 6.08 Å². The number of allylic oxidation sites excluding steroid dienone is 1. The number of nitrogens with one attached hydrogen (secondary N) is 2. The molecule has 0 aliphatic carbocycles. The maximum Gasteiger partial charge on any atom is 0.335 e. The predicted molar refractivity (Wildman–Crippen MR) is 106 cm³/mol. The lowest BCUT2D eigenvalue weighted by Crippen LogP contribution is -2.43. The van der Waals surface area contributed by atoms with Crippen molar-refractivity contribution in [3.63, 3.8) is 0 Å². The highest BCUT2D eigenvalue weighted by atomic mass is 16.4. The predicted octanol–water partition coefficient (Wildman–Crippen LogP) is 2.12. The molecule has 2 saturated heterocycles. The summed E-state index contributed by atoms with van der Waals surface area (Å²) in [5.41, 5.74) is 0.584. The van der Waals surface area contributed by atoms with Crippen molar-refractivity contribution in [3.05, 3.63) is 42.0 Å². The van der Waals surface area contributed by atoms with E-state index in [-0.39, 0.29) is 23.3 Å². The van der Waals surface area contributed by atoms with Crippen LogP contribution in [0.1, 0.15) is 36.0 Å². The standard InChI is InChI=1S/C21H27N3O4/c25-19(7-6-15-8-10-22-11-9-15)24-12-2-4-17(14-24)20(26)23-18-5-1-3-16(13-18)21(27)28/h1,3,5-7,13,15,17,22H,2,4,8-12,14H2,(H,23,26)(H,27,28)/t17-/m1/s1. The van der Waals surface area contributed by atoms with Gasteiger partial charge in [0.05, 0.1) is 11.5 Å². The summed E-state index contributed by atoms with van der Waals surface area (Å²) < 4.78 is 0. The van der Waals surface area contributed by atoms with Gasteiger partial charge in [-0.2, -0.15) is 0 Å². The fourth-order valence-corrected chi connectivity index (χ4v) is 3.73. The van der Waals surface area contributed by atoms with E-state index in [4.69, 9.17) is 5.11 Å². The van der Waals surface area contributed by atoms with Crippen LogP contribution in [0.25, 0.3) is 0 Å². The van der Waals surface area contributed by atoms with E-state index >= 15 is 0 Å². The number of nitrogens with zero attached hydrogens (tertiary/aromatic N) is 1. The minimum atomic E-state index is -1.04. The summed E-state index contributed by atoms with van der Waals surface area (Å²) in [6.45, 7) is 3.02. The third-order valence-corrected chi connectivity index (χ3v) is 5.38. The van der Waals surface area contributed by atoms with E-state index in [9.17, 15) is 14.4 Å². The first kappa shape index (κ1) is 20.1. The van der Waals surface area contributed by atoms with Gasteiger partial charge in [-0.25, -0.2) is 4.79 Å². The van der Waals surface area contributed by atoms with Crippen LogP contribution in [0.4, 0.5) is 5.69 Å². The SMILES string of the molecule is O=C(O)c1cccc(NC(=O)[C@@H]2CCCN(C(=O)C=CC3CCNCC3)C2)c1. The highest BCUT2D eigenvalue weighted by molar-refractivity contribution is 5.95. The van der Waals surface area contributed by atoms with Crippen LogP contribution in [0.5, 0.6) is 0 Å². The molecule has 2 fully saturated rings. The highest BCUT2D eigenvalue weighted by Crippen LogP contribution is 2.20. The van der Waals surface area contributed by atoms with Gasteiger partial charge in [-0.05, 0) is 69.0 Å². The maximum atomic E-state index is 12.6. The Labute approximate surface area is 164 Å². The number of amides is 2. The monoisotopic (exact) mass is 385 g/mol. The average Bonchev–Trinajstić information content (AvgIpc) is 2.73. The number of hydrogen-bond donors (Lipinski definition) is 3. The Morgan fingerprint density at radius 2 is 1.96 bits per heavy atom. The Bertz CT molecular complexity index is 756. The minimum absolute atomic E-state index is 0.0380. The molecule has 2 aliphatic rings. The number of carboxylic acids is 1. The molecule has 2 amide bonds. The molecule has 28 heavy (non-hydrogen) atoms. The number of anilines is 1. The number of benzene rings is 1. The molecule has 0 unspecified atom stereocenters. The minimum Gasteiger partial charge on any atom is -0.478 e. The van der Waals surface area contributed by atoms with Gasteiger partial charge in [0.1, 0.15) is 0 Å². The molecule has 0 saturated carbocycles. The van der Waals surface area contributed by atoms with E-state index in [2.05, 4.69) is 10.6 Å².